The van der Waals surface area contributed by atoms with Crippen LogP contribution in [0.4, 0.5) is 0 Å². The number of guanidine groups is 1. The Kier molecular flexibility index (Phi) is 6.88. The van der Waals surface area contributed by atoms with E-state index >= 15 is 0 Å². The Labute approximate surface area is 175 Å². The molecule has 0 bridgehead atoms. The number of hydrogen-bond acceptors (Lipinski definition) is 3. The van der Waals surface area contributed by atoms with Gasteiger partial charge >= 0.3 is 0 Å². The van der Waals surface area contributed by atoms with Gasteiger partial charge < -0.3 is 15.0 Å². The maximum Gasteiger partial charge on any atom is 0.194 e. The van der Waals surface area contributed by atoms with Crippen molar-refractivity contribution in [1.29, 1.82) is 0 Å². The molecule has 1 aromatic rings. The first-order valence-corrected chi connectivity index (χ1v) is 11.4. The van der Waals surface area contributed by atoms with E-state index in [9.17, 15) is 0 Å². The van der Waals surface area contributed by atoms with Crippen LogP contribution in [0.1, 0.15) is 44.6 Å². The van der Waals surface area contributed by atoms with E-state index < -0.39 is 0 Å². The second kappa shape index (κ2) is 9.77. The summed E-state index contributed by atoms with van der Waals surface area (Å²) in [5.74, 6) is 1.07. The minimum atomic E-state index is 0.191. The van der Waals surface area contributed by atoms with Crippen LogP contribution in [0.25, 0.3) is 5.57 Å². The molecule has 1 N–H and O–H groups in total. The third kappa shape index (κ3) is 4.84. The smallest absolute Gasteiger partial charge is 0.194 e. The highest BCUT2D eigenvalue weighted by molar-refractivity contribution is 5.81. The first kappa shape index (κ1) is 20.4. The van der Waals surface area contributed by atoms with Crippen LogP contribution in [0.5, 0.6) is 0 Å². The summed E-state index contributed by atoms with van der Waals surface area (Å²) >= 11 is 0. The maximum atomic E-state index is 5.70. The fourth-order valence-electron chi connectivity index (χ4n) is 4.94. The van der Waals surface area contributed by atoms with Gasteiger partial charge in [0.25, 0.3) is 0 Å². The average molecular weight is 397 g/mol. The number of rotatable bonds is 5. The number of nitrogens with zero attached hydrogens (tertiary/aromatic N) is 3. The lowest BCUT2D eigenvalue weighted by Gasteiger charge is -2.44. The summed E-state index contributed by atoms with van der Waals surface area (Å²) in [5.41, 5.74) is 3.00. The van der Waals surface area contributed by atoms with Gasteiger partial charge in [-0.1, -0.05) is 36.4 Å². The Balaban J connectivity index is 1.46. The monoisotopic (exact) mass is 396 g/mol. The van der Waals surface area contributed by atoms with E-state index in [-0.39, 0.29) is 5.54 Å². The van der Waals surface area contributed by atoms with E-state index in [0.29, 0.717) is 0 Å². The summed E-state index contributed by atoms with van der Waals surface area (Å²) in [6.45, 7) is 10.1. The fraction of sp³-hybridized carbons (Fsp3) is 0.625. The molecule has 4 rings (SSSR count). The Morgan fingerprint density at radius 1 is 1.10 bits per heavy atom. The van der Waals surface area contributed by atoms with Gasteiger partial charge in [-0.3, -0.25) is 9.89 Å². The Bertz CT molecular complexity index is 703. The first-order valence-electron chi connectivity index (χ1n) is 11.4. The van der Waals surface area contributed by atoms with Crippen LogP contribution < -0.4 is 5.32 Å². The number of aliphatic imine (C=N–C) groups is 1. The predicted octanol–water partition coefficient (Wildman–Crippen LogP) is 3.39. The Morgan fingerprint density at radius 2 is 1.86 bits per heavy atom. The van der Waals surface area contributed by atoms with Gasteiger partial charge in [0.1, 0.15) is 0 Å². The topological polar surface area (TPSA) is 40.1 Å². The van der Waals surface area contributed by atoms with E-state index in [1.54, 1.807) is 0 Å². The van der Waals surface area contributed by atoms with Crippen molar-refractivity contribution >= 4 is 11.5 Å². The van der Waals surface area contributed by atoms with Crippen LogP contribution in [0.3, 0.4) is 0 Å². The molecule has 3 heterocycles. The summed E-state index contributed by atoms with van der Waals surface area (Å²) in [4.78, 5) is 10.3. The summed E-state index contributed by atoms with van der Waals surface area (Å²) in [6, 6.07) is 10.8. The number of benzene rings is 1. The van der Waals surface area contributed by atoms with Crippen molar-refractivity contribution < 1.29 is 4.74 Å². The number of nitrogens with one attached hydrogen (secondary N) is 1. The van der Waals surface area contributed by atoms with Gasteiger partial charge in [0.05, 0.1) is 6.54 Å². The summed E-state index contributed by atoms with van der Waals surface area (Å²) in [7, 11) is 0. The Hall–Kier alpha value is -1.85. The van der Waals surface area contributed by atoms with Gasteiger partial charge in [-0.25, -0.2) is 0 Å². The minimum Gasteiger partial charge on any atom is -0.381 e. The highest BCUT2D eigenvalue weighted by atomic mass is 16.5. The van der Waals surface area contributed by atoms with Gasteiger partial charge in [0.2, 0.25) is 0 Å². The van der Waals surface area contributed by atoms with Crippen LogP contribution in [0, 0.1) is 0 Å². The molecule has 2 saturated heterocycles. The van der Waals surface area contributed by atoms with Crippen LogP contribution in [-0.4, -0.2) is 73.8 Å². The SMILES string of the molecule is CCNC(=NCC1(N2CCCC2)CCOCC1)N1CC=C(c2ccccc2)CC1. The van der Waals surface area contributed by atoms with Gasteiger partial charge in [-0.15, -0.1) is 0 Å². The molecule has 5 heteroatoms. The van der Waals surface area contributed by atoms with E-state index in [1.165, 1.54) is 37.1 Å². The van der Waals surface area contributed by atoms with Crippen molar-refractivity contribution in [3.8, 4) is 0 Å². The molecular formula is C24H36N4O. The molecule has 0 unspecified atom stereocenters. The lowest BCUT2D eigenvalue weighted by atomic mass is 9.88. The molecule has 0 saturated carbocycles. The average Bonchev–Trinajstić information content (AvgIpc) is 3.34. The van der Waals surface area contributed by atoms with Gasteiger partial charge in [0.15, 0.2) is 5.96 Å². The van der Waals surface area contributed by atoms with Crippen molar-refractivity contribution in [2.45, 2.75) is 44.6 Å². The zero-order valence-electron chi connectivity index (χ0n) is 17.9. The number of hydrogen-bond donors (Lipinski definition) is 1. The normalized spacial score (nSPS) is 23.1. The van der Waals surface area contributed by atoms with Gasteiger partial charge in [0, 0.05) is 38.4 Å². The highest BCUT2D eigenvalue weighted by Gasteiger charge is 2.39. The molecule has 0 spiro atoms. The van der Waals surface area contributed by atoms with Crippen molar-refractivity contribution in [2.24, 2.45) is 4.99 Å². The minimum absolute atomic E-state index is 0.191. The van der Waals surface area contributed by atoms with Gasteiger partial charge in [-0.2, -0.15) is 0 Å². The van der Waals surface area contributed by atoms with Crippen molar-refractivity contribution in [3.63, 3.8) is 0 Å². The molecule has 29 heavy (non-hydrogen) atoms. The number of likely N-dealkylation sites (tertiary alicyclic amines) is 1. The summed E-state index contributed by atoms with van der Waals surface area (Å²) in [5, 5.41) is 3.55. The molecule has 3 aliphatic heterocycles. The molecule has 0 aromatic heterocycles. The quantitative estimate of drug-likeness (QED) is 0.612. The second-order valence-electron chi connectivity index (χ2n) is 8.49. The molecule has 5 nitrogen and oxygen atoms in total. The van der Waals surface area contributed by atoms with Crippen LogP contribution in [-0.2, 0) is 4.74 Å². The van der Waals surface area contributed by atoms with Crippen molar-refractivity contribution in [1.82, 2.24) is 15.1 Å². The van der Waals surface area contributed by atoms with Gasteiger partial charge in [-0.05, 0) is 63.3 Å². The fourth-order valence-corrected chi connectivity index (χ4v) is 4.94. The first-order chi connectivity index (χ1) is 14.3. The maximum absolute atomic E-state index is 5.70. The lowest BCUT2D eigenvalue weighted by Crippen LogP contribution is -2.54. The predicted molar refractivity (Wildman–Crippen MR) is 120 cm³/mol. The number of ether oxygens (including phenoxy) is 1. The van der Waals surface area contributed by atoms with Crippen molar-refractivity contribution in [3.05, 3.63) is 42.0 Å². The van der Waals surface area contributed by atoms with E-state index in [4.69, 9.17) is 9.73 Å². The van der Waals surface area contributed by atoms with E-state index in [1.807, 2.05) is 0 Å². The standard InChI is InChI=1S/C24H36N4O/c1-2-25-23(27-16-10-22(11-17-27)21-8-4-3-5-9-21)26-20-24(12-18-29-19-13-24)28-14-6-7-15-28/h3-5,8-10H,2,6-7,11-20H2,1H3,(H,25,26). The second-order valence-corrected chi connectivity index (χ2v) is 8.49. The molecule has 158 valence electrons. The Morgan fingerprint density at radius 3 is 2.52 bits per heavy atom. The highest BCUT2D eigenvalue weighted by Crippen LogP contribution is 2.32. The third-order valence-corrected chi connectivity index (χ3v) is 6.71. The molecular weight excluding hydrogens is 360 g/mol. The van der Waals surface area contributed by atoms with E-state index in [2.05, 4.69) is 58.4 Å². The van der Waals surface area contributed by atoms with Crippen LogP contribution in [0.15, 0.2) is 41.4 Å². The van der Waals surface area contributed by atoms with Crippen LogP contribution in [0.2, 0.25) is 0 Å². The lowest BCUT2D eigenvalue weighted by molar-refractivity contribution is -0.0139. The molecule has 0 amide bonds. The zero-order chi connectivity index (χ0) is 19.9. The molecule has 0 radical (unpaired) electrons. The van der Waals surface area contributed by atoms with E-state index in [0.717, 1.165) is 64.6 Å². The molecule has 3 aliphatic rings. The largest absolute Gasteiger partial charge is 0.381 e. The third-order valence-electron chi connectivity index (χ3n) is 6.71. The van der Waals surface area contributed by atoms with Crippen molar-refractivity contribution in [2.75, 3.05) is 52.5 Å². The molecule has 2 fully saturated rings. The molecule has 0 atom stereocenters. The molecule has 1 aromatic carbocycles. The zero-order valence-corrected chi connectivity index (χ0v) is 17.9. The summed E-state index contributed by atoms with van der Waals surface area (Å²) < 4.78 is 5.70. The summed E-state index contributed by atoms with van der Waals surface area (Å²) in [6.07, 6.45) is 8.30. The molecule has 0 aliphatic carbocycles. The van der Waals surface area contributed by atoms with Crippen LogP contribution >= 0.6 is 0 Å².